The Labute approximate surface area is 286 Å². The second-order valence-corrected chi connectivity index (χ2v) is 12.8. The number of halogens is 1. The van der Waals surface area contributed by atoms with Crippen molar-refractivity contribution in [3.05, 3.63) is 192 Å². The fourth-order valence-corrected chi connectivity index (χ4v) is 6.43. The van der Waals surface area contributed by atoms with Crippen LogP contribution < -0.4 is 9.80 Å². The summed E-state index contributed by atoms with van der Waals surface area (Å²) in [5.74, 6) is 0. The number of hydrogen-bond acceptors (Lipinski definition) is 2. The molecule has 0 heterocycles. The fraction of sp³-hybridized carbons (Fsp3) is 0.0455. The molecule has 0 radical (unpaired) electrons. The van der Waals surface area contributed by atoms with Crippen molar-refractivity contribution in [3.63, 3.8) is 0 Å². The first-order valence-corrected chi connectivity index (χ1v) is 16.7. The molecule has 7 aromatic rings. The van der Waals surface area contributed by atoms with Crippen molar-refractivity contribution < 1.29 is 0 Å². The summed E-state index contributed by atoms with van der Waals surface area (Å²) in [6.45, 7) is 4.25. The molecule has 2 nitrogen and oxygen atoms in total. The highest BCUT2D eigenvalue weighted by atomic mass is 79.9. The minimum atomic E-state index is 1.00. The lowest BCUT2D eigenvalue weighted by Crippen LogP contribution is -2.13. The maximum atomic E-state index is 3.87. The van der Waals surface area contributed by atoms with Crippen molar-refractivity contribution in [2.75, 3.05) is 9.80 Å². The predicted octanol–water partition coefficient (Wildman–Crippen LogP) is 13.3. The molecule has 7 aromatic carbocycles. The van der Waals surface area contributed by atoms with E-state index >= 15 is 0 Å². The molecule has 7 rings (SSSR count). The molecule has 0 unspecified atom stereocenters. The Hall–Kier alpha value is -5.38. The summed E-state index contributed by atoms with van der Waals surface area (Å²) in [7, 11) is 0. The lowest BCUT2D eigenvalue weighted by atomic mass is 10.00. The second kappa shape index (κ2) is 13.5. The number of para-hydroxylation sites is 1. The second-order valence-electron chi connectivity index (χ2n) is 11.8. The van der Waals surface area contributed by atoms with E-state index in [9.17, 15) is 0 Å². The summed E-state index contributed by atoms with van der Waals surface area (Å²) in [6.07, 6.45) is 0. The van der Waals surface area contributed by atoms with E-state index in [0.717, 1.165) is 38.6 Å². The summed E-state index contributed by atoms with van der Waals surface area (Å²) < 4.78 is 1.00. The number of benzene rings is 7. The van der Waals surface area contributed by atoms with Crippen molar-refractivity contribution in [2.24, 2.45) is 0 Å². The third kappa shape index (κ3) is 6.77. The third-order valence-electron chi connectivity index (χ3n) is 8.43. The van der Waals surface area contributed by atoms with Crippen LogP contribution in [0.5, 0.6) is 0 Å². The van der Waals surface area contributed by atoms with E-state index in [1.807, 2.05) is 0 Å². The maximum Gasteiger partial charge on any atom is 0.0493 e. The Morgan fingerprint density at radius 3 is 1.06 bits per heavy atom. The molecule has 0 fully saturated rings. The Balaban J connectivity index is 1.28. The average molecular weight is 672 g/mol. The fourth-order valence-electron chi connectivity index (χ4n) is 5.97. The molecule has 0 saturated carbocycles. The van der Waals surface area contributed by atoms with Gasteiger partial charge in [0, 0.05) is 38.6 Å². The van der Waals surface area contributed by atoms with Gasteiger partial charge in [0.05, 0.1) is 0 Å². The van der Waals surface area contributed by atoms with Crippen molar-refractivity contribution in [3.8, 4) is 22.3 Å². The van der Waals surface area contributed by atoms with Gasteiger partial charge in [-0.1, -0.05) is 136 Å². The van der Waals surface area contributed by atoms with E-state index in [1.54, 1.807) is 0 Å². The molecule has 0 aliphatic heterocycles. The van der Waals surface area contributed by atoms with Crippen LogP contribution >= 0.6 is 15.9 Å². The highest BCUT2D eigenvalue weighted by Crippen LogP contribution is 2.42. The van der Waals surface area contributed by atoms with Crippen LogP contribution in [0.15, 0.2) is 180 Å². The van der Waals surface area contributed by atoms with Crippen molar-refractivity contribution in [1.29, 1.82) is 0 Å². The van der Waals surface area contributed by atoms with Gasteiger partial charge in [0.1, 0.15) is 0 Å². The summed E-state index contributed by atoms with van der Waals surface area (Å²) in [5.41, 5.74) is 13.8. The van der Waals surface area contributed by atoms with Crippen LogP contribution in [0.2, 0.25) is 0 Å². The monoisotopic (exact) mass is 670 g/mol. The molecule has 0 spiro atoms. The molecule has 0 N–H and O–H groups in total. The van der Waals surface area contributed by atoms with E-state index in [2.05, 4.69) is 216 Å². The Morgan fingerprint density at radius 1 is 0.319 bits per heavy atom. The quantitative estimate of drug-likeness (QED) is 0.159. The van der Waals surface area contributed by atoms with Gasteiger partial charge < -0.3 is 9.80 Å². The maximum absolute atomic E-state index is 3.87. The summed E-state index contributed by atoms with van der Waals surface area (Å²) in [6, 6.07) is 62.8. The Bertz CT molecular complexity index is 2020. The average Bonchev–Trinajstić information content (AvgIpc) is 3.11. The molecule has 0 bridgehead atoms. The van der Waals surface area contributed by atoms with Gasteiger partial charge in [-0.05, 0) is 103 Å². The molecule has 0 aliphatic rings. The smallest absolute Gasteiger partial charge is 0.0493 e. The van der Waals surface area contributed by atoms with E-state index in [0.29, 0.717) is 0 Å². The largest absolute Gasteiger partial charge is 0.310 e. The summed E-state index contributed by atoms with van der Waals surface area (Å²) >= 11 is 3.87. The SMILES string of the molecule is Cc1ccc(N(c2ccc(C)cc2)c2cc(Br)cc(N(c3ccccc3)c3ccc(-c4ccc(-c5ccccc5)cc4)cc3)c2)cc1. The zero-order chi connectivity index (χ0) is 32.2. The van der Waals surface area contributed by atoms with E-state index in [1.165, 1.54) is 33.4 Å². The molecule has 0 aliphatic carbocycles. The van der Waals surface area contributed by atoms with Crippen LogP contribution in [0, 0.1) is 13.8 Å². The third-order valence-corrected chi connectivity index (χ3v) is 8.89. The molecular formula is C44H35BrN2. The van der Waals surface area contributed by atoms with Gasteiger partial charge in [-0.2, -0.15) is 0 Å². The van der Waals surface area contributed by atoms with Crippen LogP contribution in [0.3, 0.4) is 0 Å². The van der Waals surface area contributed by atoms with Gasteiger partial charge in [0.25, 0.3) is 0 Å². The molecule has 47 heavy (non-hydrogen) atoms. The lowest BCUT2D eigenvalue weighted by molar-refractivity contribution is 1.24. The van der Waals surface area contributed by atoms with Crippen molar-refractivity contribution in [2.45, 2.75) is 13.8 Å². The van der Waals surface area contributed by atoms with Gasteiger partial charge in [-0.15, -0.1) is 0 Å². The van der Waals surface area contributed by atoms with Gasteiger partial charge in [-0.25, -0.2) is 0 Å². The normalized spacial score (nSPS) is 10.9. The molecule has 0 amide bonds. The van der Waals surface area contributed by atoms with E-state index in [-0.39, 0.29) is 0 Å². The highest BCUT2D eigenvalue weighted by Gasteiger charge is 2.18. The first kappa shape index (κ1) is 30.3. The zero-order valence-electron chi connectivity index (χ0n) is 26.5. The molecule has 0 saturated heterocycles. The number of nitrogens with zero attached hydrogens (tertiary/aromatic N) is 2. The topological polar surface area (TPSA) is 6.48 Å². The van der Waals surface area contributed by atoms with Gasteiger partial charge in [0.2, 0.25) is 0 Å². The molecule has 0 aromatic heterocycles. The minimum Gasteiger partial charge on any atom is -0.310 e. The Morgan fingerprint density at radius 2 is 0.638 bits per heavy atom. The highest BCUT2D eigenvalue weighted by molar-refractivity contribution is 9.10. The number of rotatable bonds is 8. The first-order valence-electron chi connectivity index (χ1n) is 15.9. The molecule has 3 heteroatoms. The first-order chi connectivity index (χ1) is 23.0. The van der Waals surface area contributed by atoms with Gasteiger partial charge >= 0.3 is 0 Å². The van der Waals surface area contributed by atoms with Crippen LogP contribution in [0.25, 0.3) is 22.3 Å². The van der Waals surface area contributed by atoms with Crippen molar-refractivity contribution >= 4 is 50.1 Å². The number of anilines is 6. The van der Waals surface area contributed by atoms with Crippen LogP contribution in [0.1, 0.15) is 11.1 Å². The molecule has 228 valence electrons. The predicted molar refractivity (Wildman–Crippen MR) is 204 cm³/mol. The molecular weight excluding hydrogens is 636 g/mol. The molecule has 0 atom stereocenters. The van der Waals surface area contributed by atoms with Gasteiger partial charge in [-0.3, -0.25) is 0 Å². The van der Waals surface area contributed by atoms with Gasteiger partial charge in [0.15, 0.2) is 0 Å². The van der Waals surface area contributed by atoms with E-state index in [4.69, 9.17) is 0 Å². The zero-order valence-corrected chi connectivity index (χ0v) is 28.1. The lowest BCUT2D eigenvalue weighted by Gasteiger charge is -2.30. The van der Waals surface area contributed by atoms with Crippen molar-refractivity contribution in [1.82, 2.24) is 0 Å². The standard InChI is InChI=1S/C44H35BrN2/c1-32-13-23-40(24-14-32)47(41-25-15-33(2)16-26-41)44-30-38(45)29-43(31-44)46(39-11-7-4-8-12-39)42-27-21-37(22-28-42)36-19-17-35(18-20-36)34-9-5-3-6-10-34/h3-31H,1-2H3. The Kier molecular flexibility index (Phi) is 8.73. The van der Waals surface area contributed by atoms with Crippen LogP contribution in [0.4, 0.5) is 34.1 Å². The van der Waals surface area contributed by atoms with E-state index < -0.39 is 0 Å². The number of hydrogen-bond donors (Lipinski definition) is 0. The van der Waals surface area contributed by atoms with Crippen LogP contribution in [-0.4, -0.2) is 0 Å². The summed E-state index contributed by atoms with van der Waals surface area (Å²) in [4.78, 5) is 4.64. The van der Waals surface area contributed by atoms with Crippen LogP contribution in [-0.2, 0) is 0 Å². The minimum absolute atomic E-state index is 1.00. The number of aryl methyl sites for hydroxylation is 2. The summed E-state index contributed by atoms with van der Waals surface area (Å²) in [5, 5.41) is 0.